The van der Waals surface area contributed by atoms with Crippen LogP contribution in [0.1, 0.15) is 5.01 Å². The highest BCUT2D eigenvalue weighted by molar-refractivity contribution is 7.09. The van der Waals surface area contributed by atoms with Gasteiger partial charge in [0.05, 0.1) is 17.2 Å². The lowest BCUT2D eigenvalue weighted by atomic mass is 10.1. The Hall–Kier alpha value is -2.40. The SMILES string of the molecule is O=C1OCCN1CCc1nc(-c2ccc3ccccc3c2)cs1. The number of hydrogen-bond donors (Lipinski definition) is 0. The average Bonchev–Trinajstić information content (AvgIpc) is 3.21. The minimum atomic E-state index is -0.212. The molecule has 4 rings (SSSR count). The van der Waals surface area contributed by atoms with Gasteiger partial charge in [-0.3, -0.25) is 0 Å². The van der Waals surface area contributed by atoms with Crippen LogP contribution >= 0.6 is 11.3 Å². The molecule has 3 aromatic rings. The minimum absolute atomic E-state index is 0.212. The summed E-state index contributed by atoms with van der Waals surface area (Å²) < 4.78 is 4.94. The fourth-order valence-electron chi connectivity index (χ4n) is 2.77. The Labute approximate surface area is 138 Å². The van der Waals surface area contributed by atoms with Gasteiger partial charge >= 0.3 is 6.09 Å². The van der Waals surface area contributed by atoms with Crippen molar-refractivity contribution in [3.63, 3.8) is 0 Å². The topological polar surface area (TPSA) is 42.4 Å². The maximum absolute atomic E-state index is 11.4. The van der Waals surface area contributed by atoms with E-state index in [9.17, 15) is 4.79 Å². The average molecular weight is 324 g/mol. The van der Waals surface area contributed by atoms with E-state index in [1.165, 1.54) is 10.8 Å². The number of thiazole rings is 1. The van der Waals surface area contributed by atoms with Crippen LogP contribution in [0.2, 0.25) is 0 Å². The molecule has 0 unspecified atom stereocenters. The molecule has 5 heteroatoms. The predicted octanol–water partition coefficient (Wildman–Crippen LogP) is 3.96. The number of carbonyl (C=O) groups excluding carboxylic acids is 1. The normalized spacial score (nSPS) is 14.4. The molecule has 23 heavy (non-hydrogen) atoms. The Morgan fingerprint density at radius 3 is 2.87 bits per heavy atom. The molecule has 0 N–H and O–H groups in total. The molecule has 1 fully saturated rings. The third-order valence-electron chi connectivity index (χ3n) is 4.04. The number of carbonyl (C=O) groups is 1. The molecule has 0 radical (unpaired) electrons. The molecule has 1 saturated heterocycles. The Kier molecular flexibility index (Phi) is 3.71. The maximum atomic E-state index is 11.4. The van der Waals surface area contributed by atoms with Crippen LogP contribution in [0, 0.1) is 0 Å². The number of amides is 1. The number of cyclic esters (lactones) is 1. The van der Waals surface area contributed by atoms with Crippen molar-refractivity contribution in [2.75, 3.05) is 19.7 Å². The van der Waals surface area contributed by atoms with E-state index in [0.717, 1.165) is 22.7 Å². The largest absolute Gasteiger partial charge is 0.448 e. The molecule has 0 atom stereocenters. The third kappa shape index (κ3) is 2.92. The standard InChI is InChI=1S/C18H16N2O2S/c21-18-20(9-10-22-18)8-7-17-19-16(12-23-17)15-6-5-13-3-1-2-4-14(13)11-15/h1-6,11-12H,7-10H2. The molecule has 1 aromatic heterocycles. The second-order valence-corrected chi connectivity index (χ2v) is 6.48. The van der Waals surface area contributed by atoms with Crippen molar-refractivity contribution in [2.45, 2.75) is 6.42 Å². The Balaban J connectivity index is 1.51. The quantitative estimate of drug-likeness (QED) is 0.729. The smallest absolute Gasteiger partial charge is 0.409 e. The van der Waals surface area contributed by atoms with Gasteiger partial charge in [-0.15, -0.1) is 11.3 Å². The summed E-state index contributed by atoms with van der Waals surface area (Å²) in [6.45, 7) is 1.85. The molecule has 1 aliphatic rings. The van der Waals surface area contributed by atoms with Crippen LogP contribution in [0.3, 0.4) is 0 Å². The van der Waals surface area contributed by atoms with Crippen LogP contribution in [0.4, 0.5) is 4.79 Å². The predicted molar refractivity (Wildman–Crippen MR) is 91.7 cm³/mol. The summed E-state index contributed by atoms with van der Waals surface area (Å²) in [7, 11) is 0. The van der Waals surface area contributed by atoms with Crippen molar-refractivity contribution >= 4 is 28.2 Å². The number of benzene rings is 2. The first-order valence-electron chi connectivity index (χ1n) is 7.65. The lowest BCUT2D eigenvalue weighted by molar-refractivity contribution is 0.159. The van der Waals surface area contributed by atoms with E-state index in [4.69, 9.17) is 9.72 Å². The van der Waals surface area contributed by atoms with Crippen LogP contribution in [0.15, 0.2) is 47.8 Å². The first-order chi connectivity index (χ1) is 11.3. The van der Waals surface area contributed by atoms with Gasteiger partial charge < -0.3 is 9.64 Å². The summed E-state index contributed by atoms with van der Waals surface area (Å²) in [5.41, 5.74) is 2.13. The summed E-state index contributed by atoms with van der Waals surface area (Å²) in [5, 5.41) is 5.59. The number of rotatable bonds is 4. The summed E-state index contributed by atoms with van der Waals surface area (Å²) in [4.78, 5) is 17.9. The molecule has 1 aliphatic heterocycles. The molecule has 2 heterocycles. The molecule has 4 nitrogen and oxygen atoms in total. The van der Waals surface area contributed by atoms with Gasteiger partial charge in [-0.25, -0.2) is 9.78 Å². The molecular formula is C18H16N2O2S. The third-order valence-corrected chi connectivity index (χ3v) is 4.95. The molecular weight excluding hydrogens is 308 g/mol. The van der Waals surface area contributed by atoms with E-state index in [0.29, 0.717) is 19.7 Å². The van der Waals surface area contributed by atoms with Crippen LogP contribution in [0.5, 0.6) is 0 Å². The number of nitrogens with zero attached hydrogens (tertiary/aromatic N) is 2. The Bertz CT molecular complexity index is 859. The van der Waals surface area contributed by atoms with E-state index in [-0.39, 0.29) is 6.09 Å². The zero-order valence-electron chi connectivity index (χ0n) is 12.6. The molecule has 116 valence electrons. The first-order valence-corrected chi connectivity index (χ1v) is 8.53. The maximum Gasteiger partial charge on any atom is 0.409 e. The van der Waals surface area contributed by atoms with Gasteiger partial charge in [-0.1, -0.05) is 36.4 Å². The van der Waals surface area contributed by atoms with Gasteiger partial charge in [-0.2, -0.15) is 0 Å². The van der Waals surface area contributed by atoms with Crippen molar-refractivity contribution in [2.24, 2.45) is 0 Å². The highest BCUT2D eigenvalue weighted by atomic mass is 32.1. The lowest BCUT2D eigenvalue weighted by Gasteiger charge is -2.10. The molecule has 1 amide bonds. The molecule has 0 bridgehead atoms. The highest BCUT2D eigenvalue weighted by Crippen LogP contribution is 2.26. The molecule has 0 spiro atoms. The fourth-order valence-corrected chi connectivity index (χ4v) is 3.56. The summed E-state index contributed by atoms with van der Waals surface area (Å²) in [5.74, 6) is 0. The van der Waals surface area contributed by atoms with Gasteiger partial charge in [0.25, 0.3) is 0 Å². The minimum Gasteiger partial charge on any atom is -0.448 e. The van der Waals surface area contributed by atoms with Crippen LogP contribution in [-0.2, 0) is 11.2 Å². The van der Waals surface area contributed by atoms with Gasteiger partial charge in [0.1, 0.15) is 6.61 Å². The van der Waals surface area contributed by atoms with E-state index < -0.39 is 0 Å². The van der Waals surface area contributed by atoms with Crippen molar-refractivity contribution < 1.29 is 9.53 Å². The Morgan fingerprint density at radius 1 is 1.17 bits per heavy atom. The number of fused-ring (bicyclic) bond motifs is 1. The van der Waals surface area contributed by atoms with Gasteiger partial charge in [0.2, 0.25) is 0 Å². The first kappa shape index (κ1) is 14.2. The summed E-state index contributed by atoms with van der Waals surface area (Å²) >= 11 is 1.64. The van der Waals surface area contributed by atoms with Gasteiger partial charge in [0, 0.05) is 23.9 Å². The number of hydrogen-bond acceptors (Lipinski definition) is 4. The van der Waals surface area contributed by atoms with Crippen molar-refractivity contribution in [1.29, 1.82) is 0 Å². The van der Waals surface area contributed by atoms with E-state index in [1.807, 2.05) is 12.1 Å². The van der Waals surface area contributed by atoms with E-state index in [2.05, 4.69) is 35.7 Å². The summed E-state index contributed by atoms with van der Waals surface area (Å²) in [6.07, 6.45) is 0.559. The number of ether oxygens (including phenoxy) is 1. The fraction of sp³-hybridized carbons (Fsp3) is 0.222. The van der Waals surface area contributed by atoms with Crippen molar-refractivity contribution in [3.05, 3.63) is 52.9 Å². The van der Waals surface area contributed by atoms with Crippen molar-refractivity contribution in [3.8, 4) is 11.3 Å². The second-order valence-electron chi connectivity index (χ2n) is 5.54. The van der Waals surface area contributed by atoms with E-state index >= 15 is 0 Å². The zero-order valence-corrected chi connectivity index (χ0v) is 13.4. The monoisotopic (exact) mass is 324 g/mol. The highest BCUT2D eigenvalue weighted by Gasteiger charge is 2.21. The van der Waals surface area contributed by atoms with Crippen LogP contribution in [0.25, 0.3) is 22.0 Å². The molecule has 2 aromatic carbocycles. The van der Waals surface area contributed by atoms with Gasteiger partial charge in [-0.05, 0) is 16.8 Å². The van der Waals surface area contributed by atoms with Crippen LogP contribution in [-0.4, -0.2) is 35.7 Å². The Morgan fingerprint density at radius 2 is 2.04 bits per heavy atom. The zero-order chi connectivity index (χ0) is 15.6. The van der Waals surface area contributed by atoms with E-state index in [1.54, 1.807) is 16.2 Å². The number of aromatic nitrogens is 1. The second kappa shape index (κ2) is 6.01. The summed E-state index contributed by atoms with van der Waals surface area (Å²) in [6, 6.07) is 14.7. The van der Waals surface area contributed by atoms with Crippen molar-refractivity contribution in [1.82, 2.24) is 9.88 Å². The van der Waals surface area contributed by atoms with Gasteiger partial charge in [0.15, 0.2) is 0 Å². The molecule has 0 saturated carbocycles. The lowest BCUT2D eigenvalue weighted by Crippen LogP contribution is -2.26. The molecule has 0 aliphatic carbocycles. The van der Waals surface area contributed by atoms with Crippen LogP contribution < -0.4 is 0 Å².